The molecule has 3 heterocycles. The van der Waals surface area contributed by atoms with Gasteiger partial charge in [0.15, 0.2) is 17.1 Å². The van der Waals surface area contributed by atoms with Gasteiger partial charge in [0.05, 0.1) is 17.5 Å². The van der Waals surface area contributed by atoms with E-state index in [1.807, 2.05) is 86.6 Å². The summed E-state index contributed by atoms with van der Waals surface area (Å²) in [7, 11) is 0. The highest BCUT2D eigenvalue weighted by Gasteiger charge is 2.45. The molecule has 43 heavy (non-hydrogen) atoms. The van der Waals surface area contributed by atoms with E-state index in [4.69, 9.17) is 9.94 Å². The number of amidine groups is 1. The molecule has 1 amide bonds. The summed E-state index contributed by atoms with van der Waals surface area (Å²) < 4.78 is 0. The van der Waals surface area contributed by atoms with E-state index < -0.39 is 23.1 Å². The number of pyridine rings is 1. The lowest BCUT2D eigenvalue weighted by atomic mass is 9.82. The van der Waals surface area contributed by atoms with E-state index in [2.05, 4.69) is 20.4 Å². The number of amides is 1. The Morgan fingerprint density at radius 3 is 1.98 bits per heavy atom. The lowest BCUT2D eigenvalue weighted by molar-refractivity contribution is -0.129. The van der Waals surface area contributed by atoms with Crippen LogP contribution in [0.15, 0.2) is 101 Å². The highest BCUT2D eigenvalue weighted by Crippen LogP contribution is 2.41. The maximum atomic E-state index is 12.3. The fraction of sp³-hybridized carbons (Fsp3) is 0.212. The van der Waals surface area contributed by atoms with Crippen LogP contribution in [0, 0.1) is 5.92 Å². The number of rotatable bonds is 6. The molecule has 3 aromatic carbocycles. The molecule has 3 N–H and O–H groups in total. The number of hydrogen-bond donors (Lipinski definition) is 3. The van der Waals surface area contributed by atoms with Gasteiger partial charge in [-0.3, -0.25) is 4.79 Å². The van der Waals surface area contributed by atoms with Gasteiger partial charge in [-0.15, -0.1) is 0 Å². The lowest BCUT2D eigenvalue weighted by Gasteiger charge is -2.27. The first-order valence-corrected chi connectivity index (χ1v) is 13.7. The minimum Gasteiger partial charge on any atom is -0.478 e. The molecule has 0 saturated heterocycles. The van der Waals surface area contributed by atoms with E-state index in [0.29, 0.717) is 5.52 Å². The molecule has 0 fully saturated rings. The molecule has 218 valence electrons. The quantitative estimate of drug-likeness (QED) is 0.291. The molecule has 10 nitrogen and oxygen atoms in total. The SMILES string of the molecule is CC(C)C1(C)N=C(c2nc3ccccc3cc2C(=O)O)NC1=O.O=C(O)C1=NOC(c2ccccc2)(c2ccccc2)C1. The van der Waals surface area contributed by atoms with Crippen LogP contribution in [0.1, 0.15) is 54.4 Å². The van der Waals surface area contributed by atoms with Crippen molar-refractivity contribution in [1.29, 1.82) is 0 Å². The third kappa shape index (κ3) is 5.46. The molecule has 0 aliphatic carbocycles. The van der Waals surface area contributed by atoms with Crippen LogP contribution >= 0.6 is 0 Å². The molecule has 4 aromatic rings. The van der Waals surface area contributed by atoms with Gasteiger partial charge in [0.2, 0.25) is 0 Å². The number of carboxylic acids is 2. The van der Waals surface area contributed by atoms with Crippen LogP contribution < -0.4 is 5.32 Å². The maximum Gasteiger partial charge on any atom is 0.353 e. The Bertz CT molecular complexity index is 1730. The van der Waals surface area contributed by atoms with Gasteiger partial charge in [-0.2, -0.15) is 0 Å². The average molecular weight is 579 g/mol. The number of aromatic carboxylic acids is 1. The Balaban J connectivity index is 0.000000173. The standard InChI is InChI=1S/C17H17N3O3.C16H13NO3/c1-9(2)17(3)16(23)19-14(20-17)13-11(15(21)22)8-10-6-4-5-7-12(10)18-13;18-15(19)14-11-16(20-17-14,12-7-3-1-4-8-12)13-9-5-2-6-10-13/h4-9H,1-3H3,(H,21,22)(H,19,20,23);1-10H,11H2,(H,18,19). The van der Waals surface area contributed by atoms with Crippen LogP contribution in [0.3, 0.4) is 0 Å². The second kappa shape index (κ2) is 11.5. The fourth-order valence-electron chi connectivity index (χ4n) is 4.95. The Morgan fingerprint density at radius 1 is 0.884 bits per heavy atom. The Labute approximate surface area is 247 Å². The van der Waals surface area contributed by atoms with Gasteiger partial charge in [-0.05, 0) is 25.0 Å². The molecule has 1 atom stereocenters. The van der Waals surface area contributed by atoms with Crippen LogP contribution in [0.25, 0.3) is 10.9 Å². The second-order valence-corrected chi connectivity index (χ2v) is 10.8. The zero-order valence-electron chi connectivity index (χ0n) is 23.8. The smallest absolute Gasteiger partial charge is 0.353 e. The van der Waals surface area contributed by atoms with E-state index in [1.54, 1.807) is 25.1 Å². The number of fused-ring (bicyclic) bond motifs is 1. The zero-order valence-corrected chi connectivity index (χ0v) is 23.8. The van der Waals surface area contributed by atoms with Crippen molar-refractivity contribution in [2.45, 2.75) is 38.3 Å². The molecule has 0 spiro atoms. The summed E-state index contributed by atoms with van der Waals surface area (Å²) in [6.45, 7) is 5.54. The van der Waals surface area contributed by atoms with E-state index in [-0.39, 0.29) is 41.1 Å². The number of aromatic nitrogens is 1. The van der Waals surface area contributed by atoms with E-state index in [9.17, 15) is 19.5 Å². The third-order valence-corrected chi connectivity index (χ3v) is 7.79. The monoisotopic (exact) mass is 578 g/mol. The van der Waals surface area contributed by atoms with Crippen molar-refractivity contribution in [1.82, 2.24) is 10.3 Å². The predicted molar refractivity (Wildman–Crippen MR) is 161 cm³/mol. The molecule has 0 bridgehead atoms. The van der Waals surface area contributed by atoms with Crippen LogP contribution in [-0.4, -0.2) is 50.1 Å². The first-order valence-electron chi connectivity index (χ1n) is 13.7. The number of hydrogen-bond acceptors (Lipinski definition) is 7. The number of carbonyl (C=O) groups is 3. The third-order valence-electron chi connectivity index (χ3n) is 7.79. The molecule has 6 rings (SSSR count). The van der Waals surface area contributed by atoms with Crippen molar-refractivity contribution in [3.63, 3.8) is 0 Å². The first-order chi connectivity index (χ1) is 20.5. The summed E-state index contributed by atoms with van der Waals surface area (Å²) in [4.78, 5) is 49.5. The van der Waals surface area contributed by atoms with E-state index >= 15 is 0 Å². The molecule has 0 radical (unpaired) electrons. The minimum atomic E-state index is -1.10. The van der Waals surface area contributed by atoms with Gasteiger partial charge in [0.1, 0.15) is 11.2 Å². The van der Waals surface area contributed by atoms with Crippen molar-refractivity contribution >= 4 is 40.3 Å². The summed E-state index contributed by atoms with van der Waals surface area (Å²) in [5.41, 5.74) is 0.927. The van der Waals surface area contributed by atoms with Crippen molar-refractivity contribution in [2.24, 2.45) is 16.1 Å². The number of carbonyl (C=O) groups excluding carboxylic acids is 1. The molecule has 1 aromatic heterocycles. The molecular formula is C33H30N4O6. The van der Waals surface area contributed by atoms with Crippen molar-refractivity contribution in [2.75, 3.05) is 0 Å². The number of oxime groups is 1. The molecule has 1 unspecified atom stereocenters. The minimum absolute atomic E-state index is 0.0197. The van der Waals surface area contributed by atoms with Gasteiger partial charge < -0.3 is 20.4 Å². The number of benzene rings is 3. The molecular weight excluding hydrogens is 548 g/mol. The molecule has 2 aliphatic heterocycles. The normalized spacial score (nSPS) is 18.7. The summed E-state index contributed by atoms with van der Waals surface area (Å²) in [6, 6.07) is 27.9. The number of nitrogens with one attached hydrogen (secondary N) is 1. The average Bonchev–Trinajstić information content (AvgIpc) is 3.61. The molecule has 0 saturated carbocycles. The van der Waals surface area contributed by atoms with Gasteiger partial charge in [-0.1, -0.05) is 97.9 Å². The number of aliphatic imine (C=N–C) groups is 1. The Hall–Kier alpha value is -5.38. The maximum absolute atomic E-state index is 12.3. The van der Waals surface area contributed by atoms with Gasteiger partial charge in [0.25, 0.3) is 5.91 Å². The molecule has 10 heteroatoms. The first kappa shape index (κ1) is 29.1. The number of aliphatic carboxylic acids is 1. The van der Waals surface area contributed by atoms with E-state index in [0.717, 1.165) is 16.5 Å². The Morgan fingerprint density at radius 2 is 1.47 bits per heavy atom. The summed E-state index contributed by atoms with van der Waals surface area (Å²) in [5.74, 6) is -2.19. The van der Waals surface area contributed by atoms with Crippen LogP contribution in [0.5, 0.6) is 0 Å². The zero-order chi connectivity index (χ0) is 30.8. The number of nitrogens with zero attached hydrogens (tertiary/aromatic N) is 3. The number of carboxylic acid groups (broad SMARTS) is 2. The van der Waals surface area contributed by atoms with E-state index in [1.165, 1.54) is 0 Å². The van der Waals surface area contributed by atoms with Crippen molar-refractivity contribution < 1.29 is 29.4 Å². The fourth-order valence-corrected chi connectivity index (χ4v) is 4.95. The van der Waals surface area contributed by atoms with Gasteiger partial charge >= 0.3 is 11.9 Å². The summed E-state index contributed by atoms with van der Waals surface area (Å²) in [6.07, 6.45) is 0.219. The number of para-hydroxylation sites is 1. The topological polar surface area (TPSA) is 151 Å². The summed E-state index contributed by atoms with van der Waals surface area (Å²) in [5, 5.41) is 25.8. The largest absolute Gasteiger partial charge is 0.478 e. The Kier molecular flexibility index (Phi) is 7.78. The second-order valence-electron chi connectivity index (χ2n) is 10.8. The van der Waals surface area contributed by atoms with Crippen molar-refractivity contribution in [3.05, 3.63) is 113 Å². The molecule has 2 aliphatic rings. The summed E-state index contributed by atoms with van der Waals surface area (Å²) >= 11 is 0. The van der Waals surface area contributed by atoms with Gasteiger partial charge in [-0.25, -0.2) is 19.6 Å². The van der Waals surface area contributed by atoms with Gasteiger partial charge in [0, 0.05) is 16.5 Å². The van der Waals surface area contributed by atoms with Crippen LogP contribution in [0.4, 0.5) is 0 Å². The van der Waals surface area contributed by atoms with Crippen LogP contribution in [-0.2, 0) is 20.0 Å². The van der Waals surface area contributed by atoms with Crippen LogP contribution in [0.2, 0.25) is 0 Å². The van der Waals surface area contributed by atoms with Crippen molar-refractivity contribution in [3.8, 4) is 0 Å². The lowest BCUT2D eigenvalue weighted by Crippen LogP contribution is -2.41. The highest BCUT2D eigenvalue weighted by atomic mass is 16.7. The predicted octanol–water partition coefficient (Wildman–Crippen LogP) is 5.02. The highest BCUT2D eigenvalue weighted by molar-refractivity contribution is 6.36.